The number of benzene rings is 2. The average Bonchev–Trinajstić information content (AvgIpc) is 2.82. The molecule has 0 amide bonds. The van der Waals surface area contributed by atoms with Crippen LogP contribution in [0.15, 0.2) is 77.4 Å². The second kappa shape index (κ2) is 4.67. The van der Waals surface area contributed by atoms with Crippen molar-refractivity contribution in [1.29, 1.82) is 5.41 Å². The van der Waals surface area contributed by atoms with Gasteiger partial charge in [0.05, 0.1) is 5.71 Å². The molecule has 22 heavy (non-hydrogen) atoms. The van der Waals surface area contributed by atoms with Gasteiger partial charge in [0.15, 0.2) is 0 Å². The summed E-state index contributed by atoms with van der Waals surface area (Å²) in [7, 11) is 0. The van der Waals surface area contributed by atoms with Crippen LogP contribution < -0.4 is 0 Å². The first-order valence-electron chi connectivity index (χ1n) is 7.56. The van der Waals surface area contributed by atoms with Crippen molar-refractivity contribution in [2.45, 2.75) is 13.8 Å². The number of nitrogens with one attached hydrogen (secondary N) is 1. The van der Waals surface area contributed by atoms with Gasteiger partial charge in [0.1, 0.15) is 0 Å². The number of rotatable bonds is 0. The van der Waals surface area contributed by atoms with Crippen molar-refractivity contribution in [3.63, 3.8) is 0 Å². The Hall–Kier alpha value is -2.67. The molecule has 0 bridgehead atoms. The van der Waals surface area contributed by atoms with E-state index < -0.39 is 0 Å². The lowest BCUT2D eigenvalue weighted by Crippen LogP contribution is -2.08. The first-order chi connectivity index (χ1) is 10.7. The van der Waals surface area contributed by atoms with Gasteiger partial charge < -0.3 is 5.41 Å². The van der Waals surface area contributed by atoms with Crippen LogP contribution in [-0.2, 0) is 0 Å². The number of hydrogen-bond acceptors (Lipinski definition) is 1. The molecule has 0 aliphatic heterocycles. The zero-order valence-electron chi connectivity index (χ0n) is 12.8. The predicted octanol–water partition coefficient (Wildman–Crippen LogP) is 5.39. The molecule has 0 heterocycles. The zero-order chi connectivity index (χ0) is 15.3. The Labute approximate surface area is 130 Å². The molecule has 106 valence electrons. The summed E-state index contributed by atoms with van der Waals surface area (Å²) in [6.07, 6.45) is 4.13. The third kappa shape index (κ3) is 1.75. The minimum absolute atomic E-state index is 0.610. The molecule has 2 aliphatic rings. The molecule has 1 N–H and O–H groups in total. The number of allylic oxidation sites excluding steroid dienone is 5. The molecule has 0 spiro atoms. The van der Waals surface area contributed by atoms with E-state index in [0.717, 1.165) is 11.1 Å². The minimum atomic E-state index is 0.610. The van der Waals surface area contributed by atoms with Gasteiger partial charge in [-0.25, -0.2) is 0 Å². The van der Waals surface area contributed by atoms with Crippen LogP contribution in [-0.4, -0.2) is 5.71 Å². The predicted molar refractivity (Wildman–Crippen MR) is 93.1 cm³/mol. The van der Waals surface area contributed by atoms with Crippen LogP contribution in [0.25, 0.3) is 16.7 Å². The standard InChI is InChI=1S/C21H17N/c1-13-11-14(2)20(19(22)12-13)21-17-9-5-3-7-15(17)16-8-4-6-10-18(16)21/h3-12,22H,1-2H3. The Kier molecular flexibility index (Phi) is 2.77. The van der Waals surface area contributed by atoms with Crippen molar-refractivity contribution in [2.75, 3.05) is 0 Å². The Morgan fingerprint density at radius 3 is 1.64 bits per heavy atom. The molecule has 0 fully saturated rings. The van der Waals surface area contributed by atoms with Crippen LogP contribution in [0.4, 0.5) is 0 Å². The topological polar surface area (TPSA) is 23.9 Å². The van der Waals surface area contributed by atoms with Crippen molar-refractivity contribution in [2.24, 2.45) is 0 Å². The lowest BCUT2D eigenvalue weighted by molar-refractivity contribution is 1.34. The molecule has 0 atom stereocenters. The first kappa shape index (κ1) is 13.0. The maximum atomic E-state index is 8.48. The summed E-state index contributed by atoms with van der Waals surface area (Å²) < 4.78 is 0. The average molecular weight is 283 g/mol. The lowest BCUT2D eigenvalue weighted by Gasteiger charge is -2.18. The van der Waals surface area contributed by atoms with E-state index in [4.69, 9.17) is 5.41 Å². The third-order valence-corrected chi connectivity index (χ3v) is 4.41. The first-order valence-corrected chi connectivity index (χ1v) is 7.56. The molecule has 2 aliphatic carbocycles. The van der Waals surface area contributed by atoms with Gasteiger partial charge in [-0.05, 0) is 58.9 Å². The lowest BCUT2D eigenvalue weighted by atomic mass is 9.86. The van der Waals surface area contributed by atoms with E-state index in [9.17, 15) is 0 Å². The molecule has 0 saturated heterocycles. The van der Waals surface area contributed by atoms with Crippen molar-refractivity contribution in [3.05, 3.63) is 88.5 Å². The van der Waals surface area contributed by atoms with Crippen LogP contribution in [0.2, 0.25) is 0 Å². The van der Waals surface area contributed by atoms with E-state index in [0.29, 0.717) is 5.71 Å². The molecule has 4 rings (SSSR count). The van der Waals surface area contributed by atoms with Gasteiger partial charge in [-0.15, -0.1) is 0 Å². The third-order valence-electron chi connectivity index (χ3n) is 4.41. The summed E-state index contributed by atoms with van der Waals surface area (Å²) in [5, 5.41) is 8.48. The fourth-order valence-electron chi connectivity index (χ4n) is 3.59. The Balaban J connectivity index is 2.10. The molecular weight excluding hydrogens is 266 g/mol. The van der Waals surface area contributed by atoms with Gasteiger partial charge in [-0.1, -0.05) is 54.6 Å². The van der Waals surface area contributed by atoms with Crippen molar-refractivity contribution in [3.8, 4) is 11.1 Å². The highest BCUT2D eigenvalue weighted by Crippen LogP contribution is 2.47. The van der Waals surface area contributed by atoms with E-state index in [2.05, 4.69) is 68.5 Å². The normalized spacial score (nSPS) is 16.2. The highest BCUT2D eigenvalue weighted by molar-refractivity contribution is 6.20. The molecule has 0 saturated carbocycles. The quantitative estimate of drug-likeness (QED) is 0.571. The Morgan fingerprint density at radius 1 is 0.636 bits per heavy atom. The van der Waals surface area contributed by atoms with E-state index in [1.54, 1.807) is 0 Å². The van der Waals surface area contributed by atoms with Gasteiger partial charge in [0.2, 0.25) is 0 Å². The summed E-state index contributed by atoms with van der Waals surface area (Å²) in [6.45, 7) is 4.16. The van der Waals surface area contributed by atoms with E-state index in [1.807, 2.05) is 6.08 Å². The highest BCUT2D eigenvalue weighted by atomic mass is 14.4. The second-order valence-electron chi connectivity index (χ2n) is 5.97. The maximum absolute atomic E-state index is 8.48. The van der Waals surface area contributed by atoms with Gasteiger partial charge in [0.25, 0.3) is 0 Å². The van der Waals surface area contributed by atoms with Gasteiger partial charge in [0, 0.05) is 5.57 Å². The van der Waals surface area contributed by atoms with Crippen LogP contribution in [0.1, 0.15) is 25.0 Å². The van der Waals surface area contributed by atoms with Crippen LogP contribution in [0.3, 0.4) is 0 Å². The number of hydrogen-bond donors (Lipinski definition) is 1. The smallest absolute Gasteiger partial charge is 0.0623 e. The van der Waals surface area contributed by atoms with Crippen molar-refractivity contribution >= 4 is 11.3 Å². The van der Waals surface area contributed by atoms with Crippen LogP contribution in [0, 0.1) is 5.41 Å². The zero-order valence-corrected chi connectivity index (χ0v) is 12.8. The minimum Gasteiger partial charge on any atom is -0.300 e. The summed E-state index contributed by atoms with van der Waals surface area (Å²) in [4.78, 5) is 0. The van der Waals surface area contributed by atoms with Crippen LogP contribution in [0.5, 0.6) is 0 Å². The molecular formula is C21H17N. The molecule has 2 aromatic rings. The maximum Gasteiger partial charge on any atom is 0.0623 e. The van der Waals surface area contributed by atoms with E-state index in [1.165, 1.54) is 33.4 Å². The second-order valence-corrected chi connectivity index (χ2v) is 5.97. The summed E-state index contributed by atoms with van der Waals surface area (Å²) in [6, 6.07) is 17.0. The van der Waals surface area contributed by atoms with E-state index in [-0.39, 0.29) is 0 Å². The van der Waals surface area contributed by atoms with Gasteiger partial charge >= 0.3 is 0 Å². The SMILES string of the molecule is CC1=CC(=N)C(=C2c3ccccc3-c3ccccc32)C(C)=C1. The highest BCUT2D eigenvalue weighted by Gasteiger charge is 2.27. The van der Waals surface area contributed by atoms with Crippen molar-refractivity contribution in [1.82, 2.24) is 0 Å². The van der Waals surface area contributed by atoms with Crippen LogP contribution >= 0.6 is 0 Å². The fraction of sp³-hybridized carbons (Fsp3) is 0.0952. The van der Waals surface area contributed by atoms with E-state index >= 15 is 0 Å². The fourth-order valence-corrected chi connectivity index (χ4v) is 3.59. The Morgan fingerprint density at radius 2 is 1.14 bits per heavy atom. The summed E-state index contributed by atoms with van der Waals surface area (Å²) in [5.41, 5.74) is 10.2. The summed E-state index contributed by atoms with van der Waals surface area (Å²) in [5.74, 6) is 0. The van der Waals surface area contributed by atoms with Crippen molar-refractivity contribution < 1.29 is 0 Å². The molecule has 0 unspecified atom stereocenters. The molecule has 2 aromatic carbocycles. The van der Waals surface area contributed by atoms with Gasteiger partial charge in [-0.2, -0.15) is 0 Å². The molecule has 1 heteroatoms. The molecule has 0 radical (unpaired) electrons. The Bertz CT molecular complexity index is 860. The largest absolute Gasteiger partial charge is 0.300 e. The number of fused-ring (bicyclic) bond motifs is 3. The monoisotopic (exact) mass is 283 g/mol. The van der Waals surface area contributed by atoms with Gasteiger partial charge in [-0.3, -0.25) is 0 Å². The molecule has 1 nitrogen and oxygen atoms in total. The molecule has 0 aromatic heterocycles. The summed E-state index contributed by atoms with van der Waals surface area (Å²) >= 11 is 0.